The summed E-state index contributed by atoms with van der Waals surface area (Å²) in [5.41, 5.74) is 2.41. The second-order valence-corrected chi connectivity index (χ2v) is 4.30. The van der Waals surface area contributed by atoms with E-state index in [9.17, 15) is 0 Å². The molecule has 0 aliphatic heterocycles. The van der Waals surface area contributed by atoms with Crippen molar-refractivity contribution in [3.63, 3.8) is 0 Å². The molecule has 0 radical (unpaired) electrons. The number of fused-ring (bicyclic) bond motifs is 1. The van der Waals surface area contributed by atoms with Crippen LogP contribution in [0, 0.1) is 6.92 Å². The first-order chi connectivity index (χ1) is 6.29. The molecule has 0 amide bonds. The van der Waals surface area contributed by atoms with Crippen molar-refractivity contribution in [1.82, 2.24) is 10.3 Å². The van der Waals surface area contributed by atoms with Crippen LogP contribution in [0.3, 0.4) is 0 Å². The van der Waals surface area contributed by atoms with Crippen LogP contribution in [-0.2, 0) is 6.54 Å². The van der Waals surface area contributed by atoms with Gasteiger partial charge in [-0.15, -0.1) is 11.3 Å². The van der Waals surface area contributed by atoms with Crippen LogP contribution in [0.15, 0.2) is 18.2 Å². The van der Waals surface area contributed by atoms with E-state index in [1.165, 1.54) is 10.3 Å². The first kappa shape index (κ1) is 8.66. The fraction of sp³-hybridized carbons (Fsp3) is 0.300. The van der Waals surface area contributed by atoms with Gasteiger partial charge in [-0.1, -0.05) is 6.07 Å². The van der Waals surface area contributed by atoms with E-state index in [-0.39, 0.29) is 0 Å². The summed E-state index contributed by atoms with van der Waals surface area (Å²) in [6.45, 7) is 2.95. The molecule has 0 aliphatic rings. The van der Waals surface area contributed by atoms with Gasteiger partial charge < -0.3 is 5.32 Å². The van der Waals surface area contributed by atoms with Crippen LogP contribution < -0.4 is 5.32 Å². The van der Waals surface area contributed by atoms with E-state index in [4.69, 9.17) is 0 Å². The van der Waals surface area contributed by atoms with Gasteiger partial charge in [0.2, 0.25) is 0 Å². The molecule has 0 atom stereocenters. The van der Waals surface area contributed by atoms with Crippen LogP contribution in [0.5, 0.6) is 0 Å². The lowest BCUT2D eigenvalue weighted by Crippen LogP contribution is -2.04. The average Bonchev–Trinajstić information content (AvgIpc) is 2.44. The lowest BCUT2D eigenvalue weighted by Gasteiger charge is -1.98. The molecule has 1 heterocycles. The van der Waals surface area contributed by atoms with Crippen LogP contribution in [0.4, 0.5) is 0 Å². The summed E-state index contributed by atoms with van der Waals surface area (Å²) >= 11 is 1.75. The fourth-order valence-corrected chi connectivity index (χ4v) is 2.21. The Morgan fingerprint density at radius 1 is 1.46 bits per heavy atom. The third kappa shape index (κ3) is 1.71. The van der Waals surface area contributed by atoms with Crippen molar-refractivity contribution >= 4 is 21.6 Å². The van der Waals surface area contributed by atoms with Gasteiger partial charge in [-0.3, -0.25) is 0 Å². The number of aromatic nitrogens is 1. The Morgan fingerprint density at radius 3 is 3.08 bits per heavy atom. The summed E-state index contributed by atoms with van der Waals surface area (Å²) in [4.78, 5) is 4.45. The maximum atomic E-state index is 4.45. The molecule has 0 spiro atoms. The first-order valence-electron chi connectivity index (χ1n) is 4.30. The molecule has 1 N–H and O–H groups in total. The van der Waals surface area contributed by atoms with E-state index in [0.717, 1.165) is 17.1 Å². The van der Waals surface area contributed by atoms with Gasteiger partial charge in [-0.2, -0.15) is 0 Å². The Balaban J connectivity index is 2.48. The number of hydrogen-bond acceptors (Lipinski definition) is 3. The highest BCUT2D eigenvalue weighted by Gasteiger charge is 2.00. The molecular weight excluding hydrogens is 180 g/mol. The van der Waals surface area contributed by atoms with Crippen molar-refractivity contribution in [2.75, 3.05) is 7.05 Å². The molecule has 2 rings (SSSR count). The van der Waals surface area contributed by atoms with Crippen LogP contribution in [-0.4, -0.2) is 12.0 Å². The number of hydrogen-bond donors (Lipinski definition) is 1. The molecule has 1 aromatic carbocycles. The maximum absolute atomic E-state index is 4.45. The third-order valence-corrected chi connectivity index (χ3v) is 2.89. The number of thiazole rings is 1. The normalized spacial score (nSPS) is 10.9. The van der Waals surface area contributed by atoms with Crippen molar-refractivity contribution in [2.24, 2.45) is 0 Å². The predicted molar refractivity (Wildman–Crippen MR) is 57.1 cm³/mol. The monoisotopic (exact) mass is 192 g/mol. The summed E-state index contributed by atoms with van der Waals surface area (Å²) in [5.74, 6) is 0. The van der Waals surface area contributed by atoms with Gasteiger partial charge >= 0.3 is 0 Å². The summed E-state index contributed by atoms with van der Waals surface area (Å²) in [5, 5.41) is 4.27. The van der Waals surface area contributed by atoms with E-state index in [1.807, 2.05) is 14.0 Å². The quantitative estimate of drug-likeness (QED) is 0.790. The average molecular weight is 192 g/mol. The van der Waals surface area contributed by atoms with E-state index in [2.05, 4.69) is 28.5 Å². The molecule has 3 heteroatoms. The van der Waals surface area contributed by atoms with Crippen LogP contribution in [0.25, 0.3) is 10.2 Å². The van der Waals surface area contributed by atoms with Crippen molar-refractivity contribution in [1.29, 1.82) is 0 Å². The zero-order chi connectivity index (χ0) is 9.26. The smallest absolute Gasteiger partial charge is 0.0907 e. The van der Waals surface area contributed by atoms with Gasteiger partial charge in [0.05, 0.1) is 15.2 Å². The summed E-state index contributed by atoms with van der Waals surface area (Å²) in [7, 11) is 1.95. The van der Waals surface area contributed by atoms with Crippen molar-refractivity contribution in [2.45, 2.75) is 13.5 Å². The number of aryl methyl sites for hydroxylation is 1. The minimum Gasteiger partial charge on any atom is -0.316 e. The summed E-state index contributed by atoms with van der Waals surface area (Å²) in [6.07, 6.45) is 0. The molecule has 13 heavy (non-hydrogen) atoms. The Kier molecular flexibility index (Phi) is 2.29. The Hall–Kier alpha value is -0.930. The minimum atomic E-state index is 0.909. The molecule has 0 unspecified atom stereocenters. The fourth-order valence-electron chi connectivity index (χ4n) is 1.40. The number of nitrogens with zero attached hydrogens (tertiary/aromatic N) is 1. The molecule has 2 aromatic rings. The van der Waals surface area contributed by atoms with E-state index in [0.29, 0.717) is 0 Å². The van der Waals surface area contributed by atoms with Gasteiger partial charge in [0.1, 0.15) is 0 Å². The van der Waals surface area contributed by atoms with Crippen molar-refractivity contribution in [3.05, 3.63) is 28.8 Å². The van der Waals surface area contributed by atoms with Crippen LogP contribution in [0.2, 0.25) is 0 Å². The zero-order valence-corrected chi connectivity index (χ0v) is 8.61. The standard InChI is InChI=1S/C10H12N2S/c1-7-12-9-5-8(6-11-2)3-4-10(9)13-7/h3-5,11H,6H2,1-2H3. The molecule has 0 fully saturated rings. The second kappa shape index (κ2) is 3.44. The van der Waals surface area contributed by atoms with Gasteiger partial charge in [0.25, 0.3) is 0 Å². The number of benzene rings is 1. The zero-order valence-electron chi connectivity index (χ0n) is 7.79. The molecule has 0 aliphatic carbocycles. The maximum Gasteiger partial charge on any atom is 0.0907 e. The molecule has 1 aromatic heterocycles. The number of rotatable bonds is 2. The Labute approximate surface area is 81.6 Å². The van der Waals surface area contributed by atoms with E-state index < -0.39 is 0 Å². The Bertz CT molecular complexity index is 420. The minimum absolute atomic E-state index is 0.909. The van der Waals surface area contributed by atoms with Crippen molar-refractivity contribution in [3.8, 4) is 0 Å². The molecule has 0 saturated heterocycles. The highest BCUT2D eigenvalue weighted by molar-refractivity contribution is 7.18. The summed E-state index contributed by atoms with van der Waals surface area (Å²) < 4.78 is 1.28. The topological polar surface area (TPSA) is 24.9 Å². The second-order valence-electron chi connectivity index (χ2n) is 3.07. The SMILES string of the molecule is CNCc1ccc2sc(C)nc2c1. The van der Waals surface area contributed by atoms with E-state index >= 15 is 0 Å². The largest absolute Gasteiger partial charge is 0.316 e. The molecule has 2 nitrogen and oxygen atoms in total. The van der Waals surface area contributed by atoms with Gasteiger partial charge in [-0.05, 0) is 31.7 Å². The summed E-state index contributed by atoms with van der Waals surface area (Å²) in [6, 6.07) is 6.44. The molecule has 0 bridgehead atoms. The predicted octanol–water partition coefficient (Wildman–Crippen LogP) is 2.32. The van der Waals surface area contributed by atoms with E-state index in [1.54, 1.807) is 11.3 Å². The van der Waals surface area contributed by atoms with Gasteiger partial charge in [0, 0.05) is 6.54 Å². The van der Waals surface area contributed by atoms with Gasteiger partial charge in [-0.25, -0.2) is 4.98 Å². The highest BCUT2D eigenvalue weighted by atomic mass is 32.1. The van der Waals surface area contributed by atoms with Crippen molar-refractivity contribution < 1.29 is 0 Å². The third-order valence-electron chi connectivity index (χ3n) is 1.94. The first-order valence-corrected chi connectivity index (χ1v) is 5.12. The lowest BCUT2D eigenvalue weighted by atomic mass is 10.2. The Morgan fingerprint density at radius 2 is 2.31 bits per heavy atom. The molecular formula is C10H12N2S. The van der Waals surface area contributed by atoms with Crippen LogP contribution >= 0.6 is 11.3 Å². The molecule has 68 valence electrons. The lowest BCUT2D eigenvalue weighted by molar-refractivity contribution is 0.819. The number of nitrogens with one attached hydrogen (secondary N) is 1. The van der Waals surface area contributed by atoms with Crippen LogP contribution in [0.1, 0.15) is 10.6 Å². The molecule has 0 saturated carbocycles. The van der Waals surface area contributed by atoms with Gasteiger partial charge in [0.15, 0.2) is 0 Å². The highest BCUT2D eigenvalue weighted by Crippen LogP contribution is 2.22.